The third kappa shape index (κ3) is 3.62. The summed E-state index contributed by atoms with van der Waals surface area (Å²) in [5.41, 5.74) is 7.32. The van der Waals surface area contributed by atoms with Gasteiger partial charge in [-0.3, -0.25) is 0 Å². The van der Waals surface area contributed by atoms with Crippen molar-refractivity contribution < 1.29 is 0 Å². The fourth-order valence-electron chi connectivity index (χ4n) is 5.68. The molecule has 2 aliphatic carbocycles. The molecule has 3 aromatic carbocycles. The summed E-state index contributed by atoms with van der Waals surface area (Å²) >= 11 is 0. The Hall–Kier alpha value is -2.34. The van der Waals surface area contributed by atoms with Crippen LogP contribution < -0.4 is 0 Å². The highest BCUT2D eigenvalue weighted by Gasteiger charge is 2.21. The third-order valence-corrected chi connectivity index (χ3v) is 7.88. The Morgan fingerprint density at radius 1 is 0.800 bits per heavy atom. The molecule has 0 N–H and O–H groups in total. The molecule has 0 atom stereocenters. The van der Waals surface area contributed by atoms with Crippen LogP contribution in [-0.2, 0) is 6.42 Å². The molecule has 3 aromatic rings. The highest BCUT2D eigenvalue weighted by molar-refractivity contribution is 5.92. The molecule has 0 radical (unpaired) electrons. The largest absolute Gasteiger partial charge is 0.103 e. The maximum absolute atomic E-state index is 4.00. The van der Waals surface area contributed by atoms with Crippen LogP contribution in [0.4, 0.5) is 0 Å². The zero-order chi connectivity index (χ0) is 20.5. The Bertz CT molecular complexity index is 1030. The molecule has 30 heavy (non-hydrogen) atoms. The van der Waals surface area contributed by atoms with Gasteiger partial charge in [0.15, 0.2) is 0 Å². The van der Waals surface area contributed by atoms with Crippen molar-refractivity contribution in [1.29, 1.82) is 0 Å². The van der Waals surface area contributed by atoms with Crippen molar-refractivity contribution in [3.63, 3.8) is 0 Å². The van der Waals surface area contributed by atoms with Crippen molar-refractivity contribution in [3.05, 3.63) is 83.9 Å². The molecule has 0 saturated heterocycles. The molecule has 2 fully saturated rings. The minimum absolute atomic E-state index is 0.717. The maximum atomic E-state index is 4.00. The van der Waals surface area contributed by atoms with E-state index in [1.165, 1.54) is 83.5 Å². The van der Waals surface area contributed by atoms with Crippen molar-refractivity contribution in [2.24, 2.45) is 5.92 Å². The van der Waals surface area contributed by atoms with Crippen LogP contribution in [0, 0.1) is 5.92 Å². The number of benzene rings is 3. The molecular weight excluding hydrogens is 360 g/mol. The zero-order valence-electron chi connectivity index (χ0n) is 18.4. The summed E-state index contributed by atoms with van der Waals surface area (Å²) in [5.74, 6) is 2.25. The molecule has 2 saturated carbocycles. The maximum Gasteiger partial charge on any atom is -0.0146 e. The van der Waals surface area contributed by atoms with Gasteiger partial charge >= 0.3 is 0 Å². The highest BCUT2D eigenvalue weighted by atomic mass is 14.3. The van der Waals surface area contributed by atoms with E-state index in [4.69, 9.17) is 0 Å². The summed E-state index contributed by atoms with van der Waals surface area (Å²) in [4.78, 5) is 0. The van der Waals surface area contributed by atoms with E-state index < -0.39 is 0 Å². The fraction of sp³-hybridized carbons (Fsp3) is 0.400. The average Bonchev–Trinajstić information content (AvgIpc) is 2.77. The van der Waals surface area contributed by atoms with Crippen LogP contribution in [0.25, 0.3) is 21.9 Å². The van der Waals surface area contributed by atoms with Gasteiger partial charge in [0.05, 0.1) is 0 Å². The minimum Gasteiger partial charge on any atom is -0.103 e. The quantitative estimate of drug-likeness (QED) is 0.379. The van der Waals surface area contributed by atoms with Crippen LogP contribution >= 0.6 is 0 Å². The van der Waals surface area contributed by atoms with Crippen LogP contribution in [0.2, 0.25) is 0 Å². The second kappa shape index (κ2) is 8.42. The Kier molecular flexibility index (Phi) is 5.50. The van der Waals surface area contributed by atoms with Gasteiger partial charge in [-0.15, -0.1) is 6.58 Å². The van der Waals surface area contributed by atoms with Gasteiger partial charge in [0.2, 0.25) is 0 Å². The Labute approximate surface area is 182 Å². The predicted octanol–water partition coefficient (Wildman–Crippen LogP) is 8.80. The third-order valence-electron chi connectivity index (χ3n) is 7.88. The predicted molar refractivity (Wildman–Crippen MR) is 130 cm³/mol. The van der Waals surface area contributed by atoms with E-state index in [0.717, 1.165) is 24.2 Å². The van der Waals surface area contributed by atoms with Gasteiger partial charge in [-0.05, 0) is 101 Å². The van der Waals surface area contributed by atoms with E-state index >= 15 is 0 Å². The lowest BCUT2D eigenvalue weighted by atomic mass is 9.78. The van der Waals surface area contributed by atoms with E-state index in [9.17, 15) is 0 Å². The van der Waals surface area contributed by atoms with E-state index in [1.54, 1.807) is 0 Å². The van der Waals surface area contributed by atoms with Crippen LogP contribution in [0.3, 0.4) is 0 Å². The monoisotopic (exact) mass is 394 g/mol. The lowest BCUT2D eigenvalue weighted by Crippen LogP contribution is -2.11. The molecule has 0 spiro atoms. The van der Waals surface area contributed by atoms with Gasteiger partial charge in [-0.25, -0.2) is 0 Å². The van der Waals surface area contributed by atoms with Gasteiger partial charge in [0.1, 0.15) is 0 Å². The zero-order valence-corrected chi connectivity index (χ0v) is 18.4. The van der Waals surface area contributed by atoms with Gasteiger partial charge in [0, 0.05) is 0 Å². The Morgan fingerprint density at radius 2 is 1.50 bits per heavy atom. The molecule has 0 aliphatic heterocycles. The molecule has 0 nitrogen and oxygen atoms in total. The molecule has 2 aliphatic rings. The summed E-state index contributed by atoms with van der Waals surface area (Å²) in [6, 6.07) is 21.4. The minimum atomic E-state index is 0.717. The van der Waals surface area contributed by atoms with Crippen LogP contribution in [-0.4, -0.2) is 0 Å². The molecule has 0 aromatic heterocycles. The van der Waals surface area contributed by atoms with Gasteiger partial charge in [-0.2, -0.15) is 0 Å². The lowest BCUT2D eigenvalue weighted by molar-refractivity contribution is 0.376. The first kappa shape index (κ1) is 19.6. The Balaban J connectivity index is 1.45. The molecule has 0 heteroatoms. The molecule has 154 valence electrons. The first-order valence-electron chi connectivity index (χ1n) is 12.0. The molecule has 0 bridgehead atoms. The Morgan fingerprint density at radius 3 is 2.13 bits per heavy atom. The number of aryl methyl sites for hydroxylation is 1. The fourth-order valence-corrected chi connectivity index (χ4v) is 5.68. The highest BCUT2D eigenvalue weighted by Crippen LogP contribution is 2.40. The summed E-state index contributed by atoms with van der Waals surface area (Å²) in [6.07, 6.45) is 12.5. The molecule has 5 rings (SSSR count). The number of hydrogen-bond acceptors (Lipinski definition) is 0. The van der Waals surface area contributed by atoms with Crippen molar-refractivity contribution >= 4 is 10.8 Å². The summed E-state index contributed by atoms with van der Waals surface area (Å²) in [5, 5.41) is 2.84. The molecule has 0 unspecified atom stereocenters. The van der Waals surface area contributed by atoms with Crippen LogP contribution in [0.5, 0.6) is 0 Å². The van der Waals surface area contributed by atoms with E-state index in [-0.39, 0.29) is 0 Å². The molecular formula is C30H34. The summed E-state index contributed by atoms with van der Waals surface area (Å²) in [6.45, 7) is 6.29. The second-order valence-electron chi connectivity index (χ2n) is 9.52. The van der Waals surface area contributed by atoms with Crippen LogP contribution in [0.1, 0.15) is 80.4 Å². The smallest absolute Gasteiger partial charge is 0.0146 e. The molecule has 0 heterocycles. The normalized spacial score (nSPS) is 22.0. The van der Waals surface area contributed by atoms with Crippen molar-refractivity contribution in [2.75, 3.05) is 0 Å². The first-order valence-corrected chi connectivity index (χ1v) is 12.0. The number of hydrogen-bond donors (Lipinski definition) is 0. The second-order valence-corrected chi connectivity index (χ2v) is 9.52. The van der Waals surface area contributed by atoms with Crippen molar-refractivity contribution in [2.45, 2.75) is 70.1 Å². The SMILES string of the molecule is C=CC1CCC(c2ccc3c(CC)c(-c4ccc(C5CCC5)cc4)ccc3c2)CC1. The van der Waals surface area contributed by atoms with Gasteiger partial charge < -0.3 is 0 Å². The number of rotatable bonds is 5. The molecule has 0 amide bonds. The van der Waals surface area contributed by atoms with Gasteiger partial charge in [0.25, 0.3) is 0 Å². The van der Waals surface area contributed by atoms with Gasteiger partial charge in [-0.1, -0.05) is 74.0 Å². The van der Waals surface area contributed by atoms with E-state index in [1.807, 2.05) is 0 Å². The summed E-state index contributed by atoms with van der Waals surface area (Å²) in [7, 11) is 0. The average molecular weight is 395 g/mol. The number of fused-ring (bicyclic) bond motifs is 1. The summed E-state index contributed by atoms with van der Waals surface area (Å²) < 4.78 is 0. The standard InChI is InChI=1S/C30H34/c1-3-21-8-10-24(11-9-21)26-16-18-30-27(20-26)17-19-29(28(30)4-2)25-14-12-23(13-15-25)22-6-5-7-22/h3,12-22,24H,1,4-11H2,2H3. The lowest BCUT2D eigenvalue weighted by Gasteiger charge is -2.27. The van der Waals surface area contributed by atoms with Crippen LogP contribution in [0.15, 0.2) is 67.3 Å². The van der Waals surface area contributed by atoms with E-state index in [0.29, 0.717) is 0 Å². The van der Waals surface area contributed by atoms with E-state index in [2.05, 4.69) is 74.2 Å². The number of allylic oxidation sites excluding steroid dienone is 1. The topological polar surface area (TPSA) is 0 Å². The van der Waals surface area contributed by atoms with Crippen molar-refractivity contribution in [3.8, 4) is 11.1 Å². The first-order chi connectivity index (χ1) is 14.8. The van der Waals surface area contributed by atoms with Crippen molar-refractivity contribution in [1.82, 2.24) is 0 Å².